The molecule has 6 rings (SSSR count). The summed E-state index contributed by atoms with van der Waals surface area (Å²) >= 11 is 12.3. The van der Waals surface area contributed by atoms with Crippen LogP contribution < -0.4 is 0 Å². The fourth-order valence-corrected chi connectivity index (χ4v) is 8.09. The summed E-state index contributed by atoms with van der Waals surface area (Å²) in [5, 5.41) is 15.3. The molecule has 0 aliphatic heterocycles. The van der Waals surface area contributed by atoms with E-state index in [2.05, 4.69) is 17.0 Å². The number of carbonyl (C=O) groups excluding carboxylic acids is 2. The van der Waals surface area contributed by atoms with E-state index >= 15 is 0 Å². The van der Waals surface area contributed by atoms with Crippen LogP contribution >= 0.6 is 23.2 Å². The number of hydrogen-bond donors (Lipinski definition) is 1. The van der Waals surface area contributed by atoms with Crippen LogP contribution in [0.3, 0.4) is 0 Å². The van der Waals surface area contributed by atoms with Gasteiger partial charge in [-0.1, -0.05) is 96.0 Å². The van der Waals surface area contributed by atoms with Crippen LogP contribution in [0, 0.1) is 13.8 Å². The van der Waals surface area contributed by atoms with E-state index in [0.717, 1.165) is 61.2 Å². The number of rotatable bonds is 12. The fourth-order valence-electron chi connectivity index (χ4n) is 7.84. The van der Waals surface area contributed by atoms with Crippen molar-refractivity contribution in [1.29, 1.82) is 0 Å². The van der Waals surface area contributed by atoms with Crippen LogP contribution in [0.1, 0.15) is 98.8 Å². The Kier molecular flexibility index (Phi) is 15.4. The summed E-state index contributed by atoms with van der Waals surface area (Å²) in [4.78, 5) is 39.8. The second kappa shape index (κ2) is 20.0. The van der Waals surface area contributed by atoms with Gasteiger partial charge in [0.25, 0.3) is 0 Å². The minimum absolute atomic E-state index is 0.228. The Labute approximate surface area is 375 Å². The summed E-state index contributed by atoms with van der Waals surface area (Å²) in [6.45, 7) is 17.8. The lowest BCUT2D eigenvalue weighted by molar-refractivity contribution is -0.166. The third kappa shape index (κ3) is 11.1. The molecule has 0 amide bonds. The quantitative estimate of drug-likeness (QED) is 0.0958. The molecule has 0 aromatic heterocycles. The average Bonchev–Trinajstić information content (AvgIpc) is 3.20. The van der Waals surface area contributed by atoms with E-state index in [1.165, 1.54) is 0 Å². The molecule has 0 saturated heterocycles. The van der Waals surface area contributed by atoms with E-state index in [4.69, 9.17) is 37.4 Å². The van der Waals surface area contributed by atoms with Gasteiger partial charge in [-0.3, -0.25) is 4.79 Å². The molecule has 62 heavy (non-hydrogen) atoms. The maximum atomic E-state index is 13.1. The van der Waals surface area contributed by atoms with E-state index in [0.29, 0.717) is 38.8 Å². The first-order valence-corrected chi connectivity index (χ1v) is 21.4. The summed E-state index contributed by atoms with van der Waals surface area (Å²) in [6, 6.07) is 30.8. The molecule has 6 aromatic rings. The van der Waals surface area contributed by atoms with Crippen molar-refractivity contribution in [2.75, 3.05) is 20.7 Å². The molecule has 0 aliphatic carbocycles. The zero-order chi connectivity index (χ0) is 45.7. The number of benzene rings is 6. The number of esters is 1. The number of fused-ring (bicyclic) bond motifs is 2. The lowest BCUT2D eigenvalue weighted by Crippen LogP contribution is -2.30. The Morgan fingerprint density at radius 3 is 1.50 bits per heavy atom. The van der Waals surface area contributed by atoms with Crippen LogP contribution in [-0.4, -0.2) is 60.1 Å². The second-order valence-electron chi connectivity index (χ2n) is 17.5. The Bertz CT molecular complexity index is 2570. The van der Waals surface area contributed by atoms with Crippen LogP contribution in [0.25, 0.3) is 43.8 Å². The SMILES string of the molecule is CCOC(=O)C(OC(C)(C)C)c1c(C)c(C=O)c2ccccc2c1-c1ccc(Cl)cc1.Cc1c(C(OC(C)(C)C)C(=O)O)c(-c2ccc(Cl)cc2)c2ccccc2c1CN(C)C. The lowest BCUT2D eigenvalue weighted by atomic mass is 9.83. The average molecular weight is 879 g/mol. The number of carboxylic acids is 1. The van der Waals surface area contributed by atoms with Crippen molar-refractivity contribution < 1.29 is 33.7 Å². The fraction of sp³-hybridized carbons (Fsp3) is 0.327. The van der Waals surface area contributed by atoms with Crippen molar-refractivity contribution in [2.24, 2.45) is 0 Å². The van der Waals surface area contributed by atoms with Crippen molar-refractivity contribution in [2.45, 2.75) is 92.3 Å². The van der Waals surface area contributed by atoms with E-state index < -0.39 is 35.3 Å². The minimum Gasteiger partial charge on any atom is -0.479 e. The van der Waals surface area contributed by atoms with Crippen molar-refractivity contribution >= 4 is 63.0 Å². The molecule has 6 aromatic carbocycles. The number of aldehydes is 1. The number of halogens is 2. The molecule has 0 fully saturated rings. The minimum atomic E-state index is -1.10. The molecular weight excluding hydrogens is 821 g/mol. The number of aliphatic carboxylic acids is 1. The Morgan fingerprint density at radius 1 is 0.661 bits per heavy atom. The van der Waals surface area contributed by atoms with Gasteiger partial charge in [-0.2, -0.15) is 0 Å². The highest BCUT2D eigenvalue weighted by Crippen LogP contribution is 2.45. The van der Waals surface area contributed by atoms with Gasteiger partial charge in [0.05, 0.1) is 17.8 Å². The molecule has 0 aliphatic rings. The summed E-state index contributed by atoms with van der Waals surface area (Å²) < 4.78 is 17.7. The molecule has 0 heterocycles. The van der Waals surface area contributed by atoms with Crippen molar-refractivity contribution in [3.8, 4) is 22.3 Å². The van der Waals surface area contributed by atoms with Gasteiger partial charge in [-0.25, -0.2) is 9.59 Å². The first-order valence-electron chi connectivity index (χ1n) is 20.6. The van der Waals surface area contributed by atoms with Gasteiger partial charge in [-0.05, 0) is 161 Å². The smallest absolute Gasteiger partial charge is 0.339 e. The van der Waals surface area contributed by atoms with E-state index in [-0.39, 0.29) is 6.61 Å². The van der Waals surface area contributed by atoms with Crippen molar-refractivity contribution in [3.63, 3.8) is 0 Å². The zero-order valence-electron chi connectivity index (χ0n) is 37.5. The number of carboxylic acid groups (broad SMARTS) is 1. The lowest BCUT2D eigenvalue weighted by Gasteiger charge is -2.30. The van der Waals surface area contributed by atoms with Crippen LogP contribution in [0.2, 0.25) is 10.0 Å². The van der Waals surface area contributed by atoms with Crippen LogP contribution in [-0.2, 0) is 30.3 Å². The Hall–Kier alpha value is -5.09. The number of ether oxygens (including phenoxy) is 3. The van der Waals surface area contributed by atoms with Gasteiger partial charge >= 0.3 is 11.9 Å². The normalized spacial score (nSPS) is 12.8. The molecule has 2 unspecified atom stereocenters. The maximum absolute atomic E-state index is 13.1. The van der Waals surface area contributed by atoms with Crippen LogP contribution in [0.5, 0.6) is 0 Å². The molecule has 326 valence electrons. The topological polar surface area (TPSA) is 102 Å². The van der Waals surface area contributed by atoms with Crippen molar-refractivity contribution in [3.05, 3.63) is 140 Å². The Balaban J connectivity index is 0.000000234. The largest absolute Gasteiger partial charge is 0.479 e. The van der Waals surface area contributed by atoms with Gasteiger partial charge in [0.15, 0.2) is 18.5 Å². The third-order valence-electron chi connectivity index (χ3n) is 10.3. The molecule has 0 spiro atoms. The van der Waals surface area contributed by atoms with Crippen molar-refractivity contribution in [1.82, 2.24) is 4.90 Å². The van der Waals surface area contributed by atoms with Crippen LogP contribution in [0.4, 0.5) is 0 Å². The van der Waals surface area contributed by atoms with E-state index in [1.54, 1.807) is 6.92 Å². The number of hydrogen-bond acceptors (Lipinski definition) is 7. The van der Waals surface area contributed by atoms with Crippen LogP contribution in [0.15, 0.2) is 97.1 Å². The summed E-state index contributed by atoms with van der Waals surface area (Å²) in [7, 11) is 4.03. The molecule has 8 nitrogen and oxygen atoms in total. The molecule has 0 saturated carbocycles. The highest BCUT2D eigenvalue weighted by atomic mass is 35.5. The predicted octanol–water partition coefficient (Wildman–Crippen LogP) is 13.2. The van der Waals surface area contributed by atoms with Gasteiger partial charge in [0.2, 0.25) is 0 Å². The monoisotopic (exact) mass is 877 g/mol. The van der Waals surface area contributed by atoms with Gasteiger partial charge in [0.1, 0.15) is 0 Å². The first kappa shape index (κ1) is 48.0. The maximum Gasteiger partial charge on any atom is 0.339 e. The third-order valence-corrected chi connectivity index (χ3v) is 10.8. The van der Waals surface area contributed by atoms with E-state index in [1.807, 2.05) is 154 Å². The molecule has 1 N–H and O–H groups in total. The molecule has 0 bridgehead atoms. The molecule has 2 atom stereocenters. The summed E-state index contributed by atoms with van der Waals surface area (Å²) in [6.07, 6.45) is -1.25. The van der Waals surface area contributed by atoms with Gasteiger partial charge in [-0.15, -0.1) is 0 Å². The first-order chi connectivity index (χ1) is 29.2. The molecular formula is C52H57Cl2NO7. The highest BCUT2D eigenvalue weighted by Gasteiger charge is 2.35. The number of nitrogens with zero attached hydrogens (tertiary/aromatic N) is 1. The second-order valence-corrected chi connectivity index (χ2v) is 18.4. The zero-order valence-corrected chi connectivity index (χ0v) is 39.0. The van der Waals surface area contributed by atoms with E-state index in [9.17, 15) is 19.5 Å². The summed E-state index contributed by atoms with van der Waals surface area (Å²) in [5.74, 6) is -1.48. The molecule has 10 heteroatoms. The predicted molar refractivity (Wildman–Crippen MR) is 252 cm³/mol. The molecule has 0 radical (unpaired) electrons. The standard InChI is InChI=1S/C26H30ClNO3.C26H27ClO4/c1-16-21(15-28(5)6)19-9-7-8-10-20(19)23(17-11-13-18(27)14-12-17)22(16)24(25(29)30)31-26(2,3)4;1-6-30-25(29)24(31-26(3,4)5)22-16(2)21(15-28)19-9-7-8-10-20(19)23(22)17-11-13-18(27)14-12-17/h7-14,24H,15H2,1-6H3,(H,29,30);7-15,24H,6H2,1-5H3. The van der Waals surface area contributed by atoms with Gasteiger partial charge < -0.3 is 24.2 Å². The van der Waals surface area contributed by atoms with Gasteiger partial charge in [0, 0.05) is 33.3 Å². The highest BCUT2D eigenvalue weighted by molar-refractivity contribution is 6.31. The Morgan fingerprint density at radius 2 is 1.08 bits per heavy atom. The summed E-state index contributed by atoms with van der Waals surface area (Å²) in [5.41, 5.74) is 6.87. The number of carbonyl (C=O) groups is 3.